The van der Waals surface area contributed by atoms with E-state index in [0.29, 0.717) is 22.8 Å². The minimum Gasteiger partial charge on any atom is -0.489 e. The van der Waals surface area contributed by atoms with Gasteiger partial charge in [0.2, 0.25) is 0 Å². The standard InChI is InChI=1S/C27H35NO7/c1-17(29)34-24-12-20-22(30)14-27(7,16-33-19-10-8-18(9-11-19)28(31)32)35-23(20)13-21(24)26(5,6)15-25(2,3)4/h8-13,22,30H,14-16H2,1-7H3. The van der Waals surface area contributed by atoms with E-state index in [9.17, 15) is 20.0 Å². The van der Waals surface area contributed by atoms with Crippen LogP contribution in [0, 0.1) is 15.5 Å². The third-order valence-electron chi connectivity index (χ3n) is 6.00. The molecular weight excluding hydrogens is 450 g/mol. The predicted octanol–water partition coefficient (Wildman–Crippen LogP) is 5.89. The maximum atomic E-state index is 11.8. The predicted molar refractivity (Wildman–Crippen MR) is 132 cm³/mol. The first-order chi connectivity index (χ1) is 16.1. The summed E-state index contributed by atoms with van der Waals surface area (Å²) in [5.74, 6) is 0.994. The Morgan fingerprint density at radius 1 is 1.20 bits per heavy atom. The number of hydrogen-bond donors (Lipinski definition) is 1. The van der Waals surface area contributed by atoms with Crippen molar-refractivity contribution in [3.05, 3.63) is 57.6 Å². The Hall–Kier alpha value is -3.13. The van der Waals surface area contributed by atoms with Crippen molar-refractivity contribution in [1.29, 1.82) is 0 Å². The number of aliphatic hydroxyl groups excluding tert-OH is 1. The van der Waals surface area contributed by atoms with E-state index in [4.69, 9.17) is 14.2 Å². The lowest BCUT2D eigenvalue weighted by molar-refractivity contribution is -0.384. The number of rotatable bonds is 7. The molecule has 8 heteroatoms. The molecule has 0 radical (unpaired) electrons. The number of nitro groups is 1. The highest BCUT2D eigenvalue weighted by Gasteiger charge is 2.40. The van der Waals surface area contributed by atoms with E-state index < -0.39 is 22.6 Å². The summed E-state index contributed by atoms with van der Waals surface area (Å²) in [4.78, 5) is 22.2. The third kappa shape index (κ3) is 6.51. The van der Waals surface area contributed by atoms with Gasteiger partial charge < -0.3 is 19.3 Å². The highest BCUT2D eigenvalue weighted by atomic mass is 16.6. The van der Waals surface area contributed by atoms with E-state index in [1.807, 2.05) is 13.0 Å². The van der Waals surface area contributed by atoms with Crippen molar-refractivity contribution in [1.82, 2.24) is 0 Å². The van der Waals surface area contributed by atoms with Crippen molar-refractivity contribution in [2.75, 3.05) is 6.61 Å². The van der Waals surface area contributed by atoms with Crippen molar-refractivity contribution in [3.63, 3.8) is 0 Å². The maximum Gasteiger partial charge on any atom is 0.308 e. The van der Waals surface area contributed by atoms with Crippen molar-refractivity contribution in [2.24, 2.45) is 5.41 Å². The zero-order valence-corrected chi connectivity index (χ0v) is 21.5. The Morgan fingerprint density at radius 2 is 1.83 bits per heavy atom. The van der Waals surface area contributed by atoms with Crippen LogP contribution < -0.4 is 14.2 Å². The van der Waals surface area contributed by atoms with Crippen LogP contribution in [0.2, 0.25) is 0 Å². The normalized spacial score (nSPS) is 19.9. The highest BCUT2D eigenvalue weighted by molar-refractivity contribution is 5.70. The van der Waals surface area contributed by atoms with Gasteiger partial charge in [0.15, 0.2) is 0 Å². The molecule has 8 nitrogen and oxygen atoms in total. The van der Waals surface area contributed by atoms with E-state index in [1.165, 1.54) is 31.2 Å². The largest absolute Gasteiger partial charge is 0.489 e. The van der Waals surface area contributed by atoms with E-state index in [-0.39, 0.29) is 29.5 Å². The van der Waals surface area contributed by atoms with Gasteiger partial charge in [0, 0.05) is 36.6 Å². The molecule has 2 atom stereocenters. The second-order valence-corrected chi connectivity index (χ2v) is 11.4. The number of fused-ring (bicyclic) bond motifs is 1. The average molecular weight is 486 g/mol. The lowest BCUT2D eigenvalue weighted by atomic mass is 9.71. The molecule has 35 heavy (non-hydrogen) atoms. The zero-order valence-electron chi connectivity index (χ0n) is 21.5. The zero-order chi connectivity index (χ0) is 26.2. The maximum absolute atomic E-state index is 11.8. The molecule has 0 bridgehead atoms. The molecular formula is C27H35NO7. The molecule has 0 amide bonds. The number of carbonyl (C=O) groups is 1. The fourth-order valence-electron chi connectivity index (χ4n) is 4.93. The van der Waals surface area contributed by atoms with Gasteiger partial charge in [-0.1, -0.05) is 34.6 Å². The van der Waals surface area contributed by atoms with E-state index >= 15 is 0 Å². The van der Waals surface area contributed by atoms with Crippen LogP contribution in [-0.4, -0.2) is 28.2 Å². The summed E-state index contributed by atoms with van der Waals surface area (Å²) in [5.41, 5.74) is 0.215. The minimum atomic E-state index is -0.849. The number of aliphatic hydroxyl groups is 1. The molecule has 0 fully saturated rings. The van der Waals surface area contributed by atoms with Gasteiger partial charge in [-0.25, -0.2) is 0 Å². The summed E-state index contributed by atoms with van der Waals surface area (Å²) in [6.07, 6.45) is 0.242. The van der Waals surface area contributed by atoms with Gasteiger partial charge in [-0.15, -0.1) is 0 Å². The molecule has 2 unspecified atom stereocenters. The quantitative estimate of drug-likeness (QED) is 0.225. The van der Waals surface area contributed by atoms with Crippen LogP contribution in [-0.2, 0) is 10.2 Å². The van der Waals surface area contributed by atoms with Gasteiger partial charge in [-0.3, -0.25) is 14.9 Å². The first-order valence-corrected chi connectivity index (χ1v) is 11.7. The van der Waals surface area contributed by atoms with Crippen LogP contribution in [0.4, 0.5) is 5.69 Å². The molecule has 0 aromatic heterocycles. The van der Waals surface area contributed by atoms with Crippen LogP contribution in [0.25, 0.3) is 0 Å². The number of benzene rings is 2. The third-order valence-corrected chi connectivity index (χ3v) is 6.00. The fourth-order valence-corrected chi connectivity index (χ4v) is 4.93. The van der Waals surface area contributed by atoms with Gasteiger partial charge in [0.05, 0.1) is 11.0 Å². The molecule has 1 aliphatic heterocycles. The second kappa shape index (κ2) is 9.49. The Labute approximate surface area is 206 Å². The summed E-state index contributed by atoms with van der Waals surface area (Å²) >= 11 is 0. The van der Waals surface area contributed by atoms with Crippen molar-refractivity contribution in [3.8, 4) is 17.2 Å². The van der Waals surface area contributed by atoms with Crippen molar-refractivity contribution < 1.29 is 29.0 Å². The fraction of sp³-hybridized carbons (Fsp3) is 0.519. The number of carbonyl (C=O) groups excluding carboxylic acids is 1. The van der Waals surface area contributed by atoms with E-state index in [1.54, 1.807) is 6.07 Å². The Balaban J connectivity index is 1.91. The second-order valence-electron chi connectivity index (χ2n) is 11.4. The first-order valence-electron chi connectivity index (χ1n) is 11.7. The van der Waals surface area contributed by atoms with Crippen LogP contribution in [0.1, 0.15) is 78.5 Å². The molecule has 1 heterocycles. The molecule has 190 valence electrons. The number of ether oxygens (including phenoxy) is 3. The van der Waals surface area contributed by atoms with Gasteiger partial charge in [-0.05, 0) is 48.4 Å². The number of esters is 1. The van der Waals surface area contributed by atoms with Gasteiger partial charge in [-0.2, -0.15) is 0 Å². The molecule has 0 spiro atoms. The van der Waals surface area contributed by atoms with Gasteiger partial charge >= 0.3 is 5.97 Å². The van der Waals surface area contributed by atoms with Crippen molar-refractivity contribution >= 4 is 11.7 Å². The smallest absolute Gasteiger partial charge is 0.308 e. The van der Waals surface area contributed by atoms with E-state index in [0.717, 1.165) is 12.0 Å². The molecule has 2 aromatic rings. The summed E-state index contributed by atoms with van der Waals surface area (Å²) in [6, 6.07) is 9.40. The number of nitrogens with zero attached hydrogens (tertiary/aromatic N) is 1. The molecule has 1 aliphatic rings. The minimum absolute atomic E-state index is 0.0178. The lowest BCUT2D eigenvalue weighted by Gasteiger charge is -2.40. The van der Waals surface area contributed by atoms with Crippen LogP contribution in [0.15, 0.2) is 36.4 Å². The summed E-state index contributed by atoms with van der Waals surface area (Å²) in [5, 5.41) is 21.8. The first kappa shape index (κ1) is 26.5. The highest BCUT2D eigenvalue weighted by Crippen LogP contribution is 2.48. The molecule has 1 N–H and O–H groups in total. The summed E-state index contributed by atoms with van der Waals surface area (Å²) < 4.78 is 17.8. The van der Waals surface area contributed by atoms with Crippen LogP contribution >= 0.6 is 0 Å². The Bertz CT molecular complexity index is 1100. The lowest BCUT2D eigenvalue weighted by Crippen LogP contribution is -2.43. The molecule has 0 saturated carbocycles. The van der Waals surface area contributed by atoms with E-state index in [2.05, 4.69) is 34.6 Å². The molecule has 0 saturated heterocycles. The van der Waals surface area contributed by atoms with Crippen LogP contribution in [0.3, 0.4) is 0 Å². The van der Waals surface area contributed by atoms with Gasteiger partial charge in [0.25, 0.3) is 5.69 Å². The number of nitro benzene ring substituents is 1. The average Bonchev–Trinajstić information content (AvgIpc) is 2.70. The molecule has 3 rings (SSSR count). The molecule has 0 aliphatic carbocycles. The van der Waals surface area contributed by atoms with Crippen molar-refractivity contribution in [2.45, 2.75) is 78.4 Å². The Morgan fingerprint density at radius 3 is 2.37 bits per heavy atom. The number of non-ortho nitro benzene ring substituents is 1. The number of hydrogen-bond acceptors (Lipinski definition) is 7. The monoisotopic (exact) mass is 485 g/mol. The topological polar surface area (TPSA) is 108 Å². The van der Waals surface area contributed by atoms with Crippen LogP contribution in [0.5, 0.6) is 17.2 Å². The summed E-state index contributed by atoms with van der Waals surface area (Å²) in [6.45, 7) is 14.0. The van der Waals surface area contributed by atoms with Gasteiger partial charge in [0.1, 0.15) is 29.5 Å². The SMILES string of the molecule is CC(=O)Oc1cc2c(cc1C(C)(C)CC(C)(C)C)OC(C)(COc1ccc([N+](=O)[O-])cc1)CC2O. The summed E-state index contributed by atoms with van der Waals surface area (Å²) in [7, 11) is 0. The Kier molecular flexibility index (Phi) is 7.18. The molecule has 2 aromatic carbocycles.